The Bertz CT molecular complexity index is 335. The van der Waals surface area contributed by atoms with Gasteiger partial charge in [0.2, 0.25) is 0 Å². The van der Waals surface area contributed by atoms with Gasteiger partial charge in [0.15, 0.2) is 0 Å². The van der Waals surface area contributed by atoms with Crippen LogP contribution in [-0.4, -0.2) is 28.0 Å². The summed E-state index contributed by atoms with van der Waals surface area (Å²) in [7, 11) is 0. The van der Waals surface area contributed by atoms with Gasteiger partial charge in [0, 0.05) is 6.54 Å². The summed E-state index contributed by atoms with van der Waals surface area (Å²) in [5.74, 6) is 0.489. The van der Waals surface area contributed by atoms with Crippen LogP contribution in [0, 0.1) is 5.41 Å². The second kappa shape index (κ2) is 4.37. The molecule has 0 radical (unpaired) electrons. The number of rotatable bonds is 2. The third-order valence-electron chi connectivity index (χ3n) is 3.32. The van der Waals surface area contributed by atoms with Gasteiger partial charge < -0.3 is 5.73 Å². The molecule has 1 saturated heterocycles. The average Bonchev–Trinajstić information content (AvgIpc) is 2.24. The Hall–Kier alpha value is -1.16. The highest BCUT2D eigenvalue weighted by Gasteiger charge is 2.25. The Morgan fingerprint density at radius 2 is 1.94 bits per heavy atom. The van der Waals surface area contributed by atoms with E-state index in [4.69, 9.17) is 5.73 Å². The maximum absolute atomic E-state index is 5.51. The van der Waals surface area contributed by atoms with Gasteiger partial charge in [-0.15, -0.1) is 0 Å². The molecule has 1 fully saturated rings. The summed E-state index contributed by atoms with van der Waals surface area (Å²) in [6, 6.07) is 0. The Kier molecular flexibility index (Phi) is 3.10. The second-order valence-electron chi connectivity index (χ2n) is 5.37. The molecular weight excluding hydrogens is 200 g/mol. The van der Waals surface area contributed by atoms with Crippen molar-refractivity contribution in [2.45, 2.75) is 33.2 Å². The van der Waals surface area contributed by atoms with E-state index in [0.717, 1.165) is 25.3 Å². The lowest BCUT2D eigenvalue weighted by Crippen LogP contribution is -2.36. The lowest BCUT2D eigenvalue weighted by atomic mass is 9.83. The Morgan fingerprint density at radius 3 is 2.50 bits per heavy atom. The molecule has 16 heavy (non-hydrogen) atoms. The van der Waals surface area contributed by atoms with Crippen molar-refractivity contribution in [3.63, 3.8) is 0 Å². The maximum Gasteiger partial charge on any atom is 0.141 e. The number of nitrogens with zero attached hydrogens (tertiary/aromatic N) is 3. The molecule has 0 amide bonds. The van der Waals surface area contributed by atoms with Gasteiger partial charge in [0.25, 0.3) is 0 Å². The molecule has 0 unspecified atom stereocenters. The van der Waals surface area contributed by atoms with Gasteiger partial charge >= 0.3 is 0 Å². The van der Waals surface area contributed by atoms with Crippen LogP contribution in [0.15, 0.2) is 12.4 Å². The van der Waals surface area contributed by atoms with Crippen LogP contribution in [-0.2, 0) is 6.54 Å². The van der Waals surface area contributed by atoms with E-state index in [1.165, 1.54) is 12.8 Å². The van der Waals surface area contributed by atoms with Gasteiger partial charge in [-0.1, -0.05) is 13.8 Å². The van der Waals surface area contributed by atoms with Gasteiger partial charge in [-0.25, -0.2) is 4.98 Å². The van der Waals surface area contributed by atoms with Crippen LogP contribution in [0.25, 0.3) is 0 Å². The molecule has 1 aliphatic heterocycles. The zero-order valence-electron chi connectivity index (χ0n) is 10.1. The number of nitrogen functional groups attached to an aromatic ring is 1. The van der Waals surface area contributed by atoms with E-state index in [1.54, 1.807) is 12.4 Å². The normalized spacial score (nSPS) is 20.9. The predicted molar refractivity (Wildman–Crippen MR) is 64.7 cm³/mol. The minimum Gasteiger partial charge on any atom is -0.382 e. The fourth-order valence-electron chi connectivity index (χ4n) is 1.99. The molecule has 0 saturated carbocycles. The largest absolute Gasteiger partial charge is 0.382 e. The van der Waals surface area contributed by atoms with Crippen molar-refractivity contribution in [2.75, 3.05) is 18.8 Å². The molecule has 88 valence electrons. The summed E-state index contributed by atoms with van der Waals surface area (Å²) in [5.41, 5.74) is 7.02. The Balaban J connectivity index is 1.89. The fraction of sp³-hybridized carbons (Fsp3) is 0.667. The highest BCUT2D eigenvalue weighted by molar-refractivity contribution is 5.22. The number of nitrogens with two attached hydrogens (primary N) is 1. The first kappa shape index (κ1) is 11.3. The van der Waals surface area contributed by atoms with Crippen LogP contribution in [0.4, 0.5) is 5.82 Å². The summed E-state index contributed by atoms with van der Waals surface area (Å²) in [5, 5.41) is 0. The molecule has 2 heterocycles. The van der Waals surface area contributed by atoms with Crippen molar-refractivity contribution in [3.05, 3.63) is 18.1 Å². The first-order valence-corrected chi connectivity index (χ1v) is 5.84. The molecule has 0 atom stereocenters. The van der Waals surface area contributed by atoms with Gasteiger partial charge in [0.05, 0.1) is 18.1 Å². The minimum atomic E-state index is 0.489. The number of hydrogen-bond donors (Lipinski definition) is 1. The van der Waals surface area contributed by atoms with Crippen LogP contribution in [0.2, 0.25) is 0 Å². The molecule has 4 heteroatoms. The third kappa shape index (κ3) is 2.92. The summed E-state index contributed by atoms with van der Waals surface area (Å²) >= 11 is 0. The van der Waals surface area contributed by atoms with Gasteiger partial charge in [0.1, 0.15) is 5.82 Å². The predicted octanol–water partition coefficient (Wildman–Crippen LogP) is 1.68. The molecule has 4 nitrogen and oxygen atoms in total. The molecular formula is C12H20N4. The number of piperidine rings is 1. The molecule has 1 aromatic heterocycles. The van der Waals surface area contributed by atoms with Crippen LogP contribution in [0.5, 0.6) is 0 Å². The van der Waals surface area contributed by atoms with E-state index >= 15 is 0 Å². The average molecular weight is 220 g/mol. The third-order valence-corrected chi connectivity index (χ3v) is 3.32. The molecule has 0 spiro atoms. The standard InChI is InChI=1S/C12H20N4/c1-12(2)3-5-16(6-4-12)9-10-7-15-11(13)8-14-10/h7-8H,3-6,9H2,1-2H3,(H2,13,15). The van der Waals surface area contributed by atoms with Gasteiger partial charge in [-0.2, -0.15) is 0 Å². The van der Waals surface area contributed by atoms with Crippen LogP contribution in [0.1, 0.15) is 32.4 Å². The van der Waals surface area contributed by atoms with Crippen molar-refractivity contribution in [2.24, 2.45) is 5.41 Å². The fourth-order valence-corrected chi connectivity index (χ4v) is 1.99. The van der Waals surface area contributed by atoms with Crippen molar-refractivity contribution in [3.8, 4) is 0 Å². The molecule has 2 rings (SSSR count). The first-order valence-electron chi connectivity index (χ1n) is 5.84. The van der Waals surface area contributed by atoms with Gasteiger partial charge in [-0.05, 0) is 31.3 Å². The van der Waals surface area contributed by atoms with Crippen molar-refractivity contribution in [1.29, 1.82) is 0 Å². The smallest absolute Gasteiger partial charge is 0.141 e. The van der Waals surface area contributed by atoms with Crippen molar-refractivity contribution >= 4 is 5.82 Å². The van der Waals surface area contributed by atoms with E-state index in [9.17, 15) is 0 Å². The molecule has 0 aromatic carbocycles. The lowest BCUT2D eigenvalue weighted by Gasteiger charge is -2.36. The number of aromatic nitrogens is 2. The van der Waals surface area contributed by atoms with Crippen molar-refractivity contribution < 1.29 is 0 Å². The van der Waals surface area contributed by atoms with E-state index in [-0.39, 0.29) is 0 Å². The topological polar surface area (TPSA) is 55.0 Å². The number of likely N-dealkylation sites (tertiary alicyclic amines) is 1. The van der Waals surface area contributed by atoms with Crippen LogP contribution < -0.4 is 5.73 Å². The maximum atomic E-state index is 5.51. The van der Waals surface area contributed by atoms with Gasteiger partial charge in [-0.3, -0.25) is 9.88 Å². The van der Waals surface area contributed by atoms with E-state index in [0.29, 0.717) is 11.2 Å². The SMILES string of the molecule is CC1(C)CCN(Cc2cnc(N)cn2)CC1. The summed E-state index contributed by atoms with van der Waals surface area (Å²) in [4.78, 5) is 10.8. The van der Waals surface area contributed by atoms with Crippen LogP contribution in [0.3, 0.4) is 0 Å². The quantitative estimate of drug-likeness (QED) is 0.824. The van der Waals surface area contributed by atoms with Crippen LogP contribution >= 0.6 is 0 Å². The zero-order chi connectivity index (χ0) is 11.6. The summed E-state index contributed by atoms with van der Waals surface area (Å²) in [6.45, 7) is 7.88. The molecule has 2 N–H and O–H groups in total. The Labute approximate surface area is 96.9 Å². The molecule has 0 bridgehead atoms. The van der Waals surface area contributed by atoms with Crippen molar-refractivity contribution in [1.82, 2.24) is 14.9 Å². The lowest BCUT2D eigenvalue weighted by molar-refractivity contribution is 0.126. The minimum absolute atomic E-state index is 0.489. The zero-order valence-corrected chi connectivity index (χ0v) is 10.1. The number of hydrogen-bond acceptors (Lipinski definition) is 4. The second-order valence-corrected chi connectivity index (χ2v) is 5.37. The highest BCUT2D eigenvalue weighted by atomic mass is 15.1. The molecule has 1 aliphatic rings. The van der Waals surface area contributed by atoms with E-state index in [1.807, 2.05) is 0 Å². The first-order chi connectivity index (χ1) is 7.55. The summed E-state index contributed by atoms with van der Waals surface area (Å²) in [6.07, 6.45) is 5.92. The number of anilines is 1. The Morgan fingerprint density at radius 1 is 1.25 bits per heavy atom. The van der Waals surface area contributed by atoms with E-state index < -0.39 is 0 Å². The summed E-state index contributed by atoms with van der Waals surface area (Å²) < 4.78 is 0. The molecule has 0 aliphatic carbocycles. The highest BCUT2D eigenvalue weighted by Crippen LogP contribution is 2.30. The van der Waals surface area contributed by atoms with E-state index in [2.05, 4.69) is 28.7 Å². The molecule has 1 aromatic rings. The monoisotopic (exact) mass is 220 g/mol.